The zero-order valence-corrected chi connectivity index (χ0v) is 19.1. The number of fused-ring (bicyclic) bond motifs is 4. The van der Waals surface area contributed by atoms with Gasteiger partial charge in [-0.15, -0.1) is 0 Å². The third kappa shape index (κ3) is 2.65. The van der Waals surface area contributed by atoms with Gasteiger partial charge < -0.3 is 9.15 Å². The fourth-order valence-corrected chi connectivity index (χ4v) is 6.00. The van der Waals surface area contributed by atoms with Gasteiger partial charge in [0.15, 0.2) is 17.0 Å². The Labute approximate surface area is 204 Å². The van der Waals surface area contributed by atoms with E-state index >= 15 is 0 Å². The number of esters is 1. The summed E-state index contributed by atoms with van der Waals surface area (Å²) in [5.74, 6) is -3.30. The van der Waals surface area contributed by atoms with Gasteiger partial charge in [0.1, 0.15) is 22.7 Å². The highest BCUT2D eigenvalue weighted by molar-refractivity contribution is 6.26. The highest BCUT2D eigenvalue weighted by atomic mass is 19.1. The summed E-state index contributed by atoms with van der Waals surface area (Å²) in [6.07, 6.45) is 0.113. The summed E-state index contributed by atoms with van der Waals surface area (Å²) >= 11 is 0. The lowest BCUT2D eigenvalue weighted by atomic mass is 9.79. The van der Waals surface area contributed by atoms with E-state index in [1.165, 1.54) is 18.2 Å². The van der Waals surface area contributed by atoms with Crippen molar-refractivity contribution in [2.24, 2.45) is 10.8 Å². The molecule has 0 spiro atoms. The van der Waals surface area contributed by atoms with E-state index in [2.05, 4.69) is 0 Å². The molecular formula is C29H19FO6. The maximum absolute atomic E-state index is 14.2. The van der Waals surface area contributed by atoms with E-state index in [1.807, 2.05) is 0 Å². The van der Waals surface area contributed by atoms with Gasteiger partial charge in [0.2, 0.25) is 0 Å². The van der Waals surface area contributed by atoms with E-state index in [0.29, 0.717) is 16.5 Å². The van der Waals surface area contributed by atoms with Crippen molar-refractivity contribution in [3.05, 3.63) is 112 Å². The summed E-state index contributed by atoms with van der Waals surface area (Å²) in [6.45, 7) is 1.72. The highest BCUT2D eigenvalue weighted by Gasteiger charge is 2.89. The van der Waals surface area contributed by atoms with Gasteiger partial charge in [0.05, 0.1) is 5.41 Å². The van der Waals surface area contributed by atoms with Gasteiger partial charge in [0.25, 0.3) is 0 Å². The van der Waals surface area contributed by atoms with Crippen molar-refractivity contribution in [1.82, 2.24) is 0 Å². The number of para-hydroxylation sites is 2. The first kappa shape index (κ1) is 22.1. The molecule has 6 rings (SSSR count). The first-order valence-electron chi connectivity index (χ1n) is 11.6. The molecule has 3 aromatic carbocycles. The molecule has 4 aromatic rings. The second-order valence-electron chi connectivity index (χ2n) is 9.14. The Kier molecular flexibility index (Phi) is 4.64. The molecule has 0 amide bonds. The molecular weight excluding hydrogens is 463 g/mol. The number of hydrogen-bond donors (Lipinski definition) is 0. The van der Waals surface area contributed by atoms with Crippen LogP contribution in [0.4, 0.5) is 4.39 Å². The number of Topliss-reactive ketones (excluding diaryl/α,β-unsaturated/α-hetero) is 2. The quantitative estimate of drug-likeness (QED) is 0.129. The van der Waals surface area contributed by atoms with E-state index in [4.69, 9.17) is 9.15 Å². The Hall–Kier alpha value is -4.39. The minimum Gasteiger partial charge on any atom is -0.425 e. The van der Waals surface area contributed by atoms with E-state index in [9.17, 15) is 23.6 Å². The van der Waals surface area contributed by atoms with Crippen LogP contribution in [-0.4, -0.2) is 17.5 Å². The van der Waals surface area contributed by atoms with Crippen molar-refractivity contribution >= 4 is 28.5 Å². The number of rotatable bonds is 5. The third-order valence-corrected chi connectivity index (χ3v) is 7.61. The summed E-state index contributed by atoms with van der Waals surface area (Å²) in [5, 5.41) is 0.505. The van der Waals surface area contributed by atoms with Crippen LogP contribution in [0.1, 0.15) is 45.5 Å². The average Bonchev–Trinajstić information content (AvgIpc) is 3.54. The molecule has 36 heavy (non-hydrogen) atoms. The molecule has 1 aliphatic heterocycles. The number of ether oxygens (including phenoxy) is 1. The summed E-state index contributed by atoms with van der Waals surface area (Å²) in [7, 11) is 0. The zero-order chi connectivity index (χ0) is 25.2. The number of carbonyl (C=O) groups excluding carboxylic acids is 3. The molecule has 0 bridgehead atoms. The Balaban J connectivity index is 1.60. The van der Waals surface area contributed by atoms with Gasteiger partial charge in [-0.3, -0.25) is 14.4 Å². The Morgan fingerprint density at radius 3 is 2.36 bits per heavy atom. The maximum atomic E-state index is 14.2. The standard InChI is InChI=1S/C29H19FO6/c1-2-28(24(31)16-11-13-18(30)14-12-16)23-19-8-4-6-10-22(19)36-27(34)29(23,28)25(32)20-15-17-7-3-5-9-21(17)35-26(20)33/h3-15,23H,2H2,1H3. The number of carbonyl (C=O) groups is 3. The molecule has 178 valence electrons. The second-order valence-corrected chi connectivity index (χ2v) is 9.14. The molecule has 0 saturated heterocycles. The van der Waals surface area contributed by atoms with Crippen LogP contribution in [0.3, 0.4) is 0 Å². The molecule has 2 heterocycles. The van der Waals surface area contributed by atoms with Crippen LogP contribution in [0.2, 0.25) is 0 Å². The highest BCUT2D eigenvalue weighted by Crippen LogP contribution is 2.80. The van der Waals surface area contributed by atoms with Crippen LogP contribution < -0.4 is 10.4 Å². The summed E-state index contributed by atoms with van der Waals surface area (Å²) in [4.78, 5) is 54.9. The molecule has 6 nitrogen and oxygen atoms in total. The van der Waals surface area contributed by atoms with Crippen molar-refractivity contribution in [3.8, 4) is 5.75 Å². The Morgan fingerprint density at radius 2 is 1.61 bits per heavy atom. The van der Waals surface area contributed by atoms with Gasteiger partial charge in [-0.2, -0.15) is 0 Å². The monoisotopic (exact) mass is 482 g/mol. The molecule has 1 fully saturated rings. The minimum atomic E-state index is -1.96. The number of ketones is 2. The van der Waals surface area contributed by atoms with Crippen molar-refractivity contribution in [1.29, 1.82) is 0 Å². The fourth-order valence-electron chi connectivity index (χ4n) is 6.00. The maximum Gasteiger partial charge on any atom is 0.347 e. The smallest absolute Gasteiger partial charge is 0.347 e. The van der Waals surface area contributed by atoms with Crippen molar-refractivity contribution in [2.75, 3.05) is 0 Å². The second kappa shape index (κ2) is 7.55. The number of benzene rings is 3. The molecule has 0 radical (unpaired) electrons. The lowest BCUT2D eigenvalue weighted by Crippen LogP contribution is -2.41. The summed E-state index contributed by atoms with van der Waals surface area (Å²) < 4.78 is 24.6. The van der Waals surface area contributed by atoms with E-state index < -0.39 is 45.7 Å². The van der Waals surface area contributed by atoms with Crippen LogP contribution in [0, 0.1) is 16.6 Å². The summed E-state index contributed by atoms with van der Waals surface area (Å²) in [6, 6.07) is 19.8. The molecule has 1 aromatic heterocycles. The van der Waals surface area contributed by atoms with Gasteiger partial charge in [-0.05, 0) is 48.9 Å². The van der Waals surface area contributed by atoms with Crippen LogP contribution in [0.25, 0.3) is 11.0 Å². The van der Waals surface area contributed by atoms with Crippen molar-refractivity contribution in [2.45, 2.75) is 19.3 Å². The van der Waals surface area contributed by atoms with E-state index in [-0.39, 0.29) is 23.3 Å². The van der Waals surface area contributed by atoms with Crippen molar-refractivity contribution < 1.29 is 27.9 Å². The summed E-state index contributed by atoms with van der Waals surface area (Å²) in [5.41, 5.74) is -3.71. The average molecular weight is 482 g/mol. The predicted molar refractivity (Wildman–Crippen MR) is 128 cm³/mol. The van der Waals surface area contributed by atoms with E-state index in [0.717, 1.165) is 12.1 Å². The van der Waals surface area contributed by atoms with Gasteiger partial charge in [-0.25, -0.2) is 9.18 Å². The molecule has 1 aliphatic carbocycles. The Morgan fingerprint density at radius 1 is 0.917 bits per heavy atom. The van der Waals surface area contributed by atoms with Crippen LogP contribution >= 0.6 is 0 Å². The molecule has 7 heteroatoms. The van der Waals surface area contributed by atoms with Gasteiger partial charge in [0, 0.05) is 22.4 Å². The zero-order valence-electron chi connectivity index (χ0n) is 19.1. The molecule has 3 atom stereocenters. The molecule has 1 saturated carbocycles. The SMILES string of the molecule is CCC1(C(=O)c2ccc(F)cc2)C2c3ccccc3OC(=O)C21C(=O)c1cc2ccccc2oc1=O. The van der Waals surface area contributed by atoms with Crippen LogP contribution in [-0.2, 0) is 4.79 Å². The van der Waals surface area contributed by atoms with Gasteiger partial charge >= 0.3 is 11.6 Å². The topological polar surface area (TPSA) is 90.7 Å². The lowest BCUT2D eigenvalue weighted by molar-refractivity contribution is -0.140. The largest absolute Gasteiger partial charge is 0.425 e. The predicted octanol–water partition coefficient (Wildman–Crippen LogP) is 5.10. The fraction of sp³-hybridized carbons (Fsp3) is 0.172. The van der Waals surface area contributed by atoms with E-state index in [1.54, 1.807) is 55.5 Å². The molecule has 2 aliphatic rings. The number of halogens is 1. The first-order chi connectivity index (χ1) is 17.4. The van der Waals surface area contributed by atoms with Crippen molar-refractivity contribution in [3.63, 3.8) is 0 Å². The van der Waals surface area contributed by atoms with Gasteiger partial charge in [-0.1, -0.05) is 43.3 Å². The molecule has 3 unspecified atom stereocenters. The molecule has 0 N–H and O–H groups in total. The normalized spacial score (nSPS) is 23.9. The minimum absolute atomic E-state index is 0.113. The number of hydrogen-bond acceptors (Lipinski definition) is 6. The Bertz CT molecular complexity index is 1650. The third-order valence-electron chi connectivity index (χ3n) is 7.61. The van der Waals surface area contributed by atoms with Crippen LogP contribution in [0.15, 0.2) is 88.1 Å². The lowest BCUT2D eigenvalue weighted by Gasteiger charge is -2.23. The first-order valence-corrected chi connectivity index (χ1v) is 11.6. The van der Waals surface area contributed by atoms with Crippen LogP contribution in [0.5, 0.6) is 5.75 Å².